The number of hydrogen-bond acceptors (Lipinski definition) is 3. The van der Waals surface area contributed by atoms with Crippen molar-refractivity contribution in [2.24, 2.45) is 5.92 Å². The summed E-state index contributed by atoms with van der Waals surface area (Å²) in [4.78, 5) is 19.4. The van der Waals surface area contributed by atoms with E-state index >= 15 is 0 Å². The van der Waals surface area contributed by atoms with Gasteiger partial charge in [0.05, 0.1) is 11.3 Å². The number of fused-ring (bicyclic) bond motifs is 1. The van der Waals surface area contributed by atoms with Gasteiger partial charge in [-0.25, -0.2) is 0 Å². The molecule has 0 aromatic carbocycles. The van der Waals surface area contributed by atoms with Crippen LogP contribution < -0.4 is 5.32 Å². The van der Waals surface area contributed by atoms with Crippen LogP contribution in [-0.2, 0) is 0 Å². The summed E-state index contributed by atoms with van der Waals surface area (Å²) in [6, 6.07) is 2.40. The summed E-state index contributed by atoms with van der Waals surface area (Å²) in [5.41, 5.74) is 2.55. The van der Waals surface area contributed by atoms with E-state index in [0.717, 1.165) is 24.3 Å². The maximum atomic E-state index is 13.0. The van der Waals surface area contributed by atoms with Crippen LogP contribution in [0.3, 0.4) is 0 Å². The molecule has 1 saturated heterocycles. The first-order valence-corrected chi connectivity index (χ1v) is 8.16. The highest BCUT2D eigenvalue weighted by Crippen LogP contribution is 2.36. The molecular weight excluding hydrogens is 262 g/mol. The van der Waals surface area contributed by atoms with E-state index in [4.69, 9.17) is 0 Å². The molecule has 0 spiro atoms. The standard InChI is InChI=1S/C17H25N3O/c1-12-10-15(18-2)14(11-19-12)17(21)20-9-5-7-13-6-3-4-8-16(13)20/h10-11,13,16H,3-9H2,1-2H3,(H,18,19)/t13-,16-/m1/s1. The van der Waals surface area contributed by atoms with Crippen LogP contribution in [0.5, 0.6) is 0 Å². The Balaban J connectivity index is 1.87. The van der Waals surface area contributed by atoms with Crippen molar-refractivity contribution >= 4 is 11.6 Å². The first kappa shape index (κ1) is 14.4. The van der Waals surface area contributed by atoms with Crippen molar-refractivity contribution in [3.05, 3.63) is 23.5 Å². The van der Waals surface area contributed by atoms with E-state index < -0.39 is 0 Å². The highest BCUT2D eigenvalue weighted by molar-refractivity contribution is 5.99. The Bertz CT molecular complexity index is 527. The number of aromatic nitrogens is 1. The van der Waals surface area contributed by atoms with Gasteiger partial charge < -0.3 is 10.2 Å². The van der Waals surface area contributed by atoms with Crippen LogP contribution in [0.15, 0.2) is 12.3 Å². The summed E-state index contributed by atoms with van der Waals surface area (Å²) < 4.78 is 0. The molecule has 0 unspecified atom stereocenters. The minimum Gasteiger partial charge on any atom is -0.387 e. The Morgan fingerprint density at radius 2 is 2.05 bits per heavy atom. The van der Waals surface area contributed by atoms with Crippen LogP contribution in [0.25, 0.3) is 0 Å². The smallest absolute Gasteiger partial charge is 0.257 e. The zero-order valence-electron chi connectivity index (χ0n) is 13.1. The molecule has 0 radical (unpaired) electrons. The number of likely N-dealkylation sites (tertiary alicyclic amines) is 1. The van der Waals surface area contributed by atoms with Crippen LogP contribution in [0.4, 0.5) is 5.69 Å². The molecule has 3 rings (SSSR count). The molecule has 2 aliphatic rings. The number of rotatable bonds is 2. The number of carbonyl (C=O) groups excluding carboxylic acids is 1. The third kappa shape index (κ3) is 2.76. The molecule has 0 bridgehead atoms. The molecule has 1 aliphatic heterocycles. The Kier molecular flexibility index (Phi) is 4.13. The Morgan fingerprint density at radius 3 is 2.86 bits per heavy atom. The number of piperidine rings is 1. The fourth-order valence-electron chi connectivity index (χ4n) is 3.97. The largest absolute Gasteiger partial charge is 0.387 e. The summed E-state index contributed by atoms with van der Waals surface area (Å²) in [7, 11) is 1.87. The summed E-state index contributed by atoms with van der Waals surface area (Å²) in [5.74, 6) is 0.872. The normalized spacial score (nSPS) is 25.3. The Morgan fingerprint density at radius 1 is 1.29 bits per heavy atom. The summed E-state index contributed by atoms with van der Waals surface area (Å²) >= 11 is 0. The van der Waals surface area contributed by atoms with Gasteiger partial charge in [0.25, 0.3) is 5.91 Å². The van der Waals surface area contributed by atoms with Crippen LogP contribution >= 0.6 is 0 Å². The third-order valence-corrected chi connectivity index (χ3v) is 5.04. The molecule has 21 heavy (non-hydrogen) atoms. The molecule has 2 atom stereocenters. The van der Waals surface area contributed by atoms with E-state index in [1.165, 1.54) is 32.1 Å². The molecule has 1 N–H and O–H groups in total. The number of carbonyl (C=O) groups is 1. The number of hydrogen-bond donors (Lipinski definition) is 1. The predicted molar refractivity (Wildman–Crippen MR) is 84.5 cm³/mol. The number of anilines is 1. The zero-order chi connectivity index (χ0) is 14.8. The fourth-order valence-corrected chi connectivity index (χ4v) is 3.97. The van der Waals surface area contributed by atoms with Crippen LogP contribution in [-0.4, -0.2) is 35.4 Å². The summed E-state index contributed by atoms with van der Waals surface area (Å²) in [6.45, 7) is 2.85. The van der Waals surface area contributed by atoms with Crippen molar-refractivity contribution in [1.82, 2.24) is 9.88 Å². The number of nitrogens with zero attached hydrogens (tertiary/aromatic N) is 2. The number of pyridine rings is 1. The topological polar surface area (TPSA) is 45.2 Å². The van der Waals surface area contributed by atoms with Gasteiger partial charge >= 0.3 is 0 Å². The average molecular weight is 287 g/mol. The van der Waals surface area contributed by atoms with Gasteiger partial charge in [0.2, 0.25) is 0 Å². The summed E-state index contributed by atoms with van der Waals surface area (Å²) in [6.07, 6.45) is 9.22. The van der Waals surface area contributed by atoms with Crippen molar-refractivity contribution in [3.63, 3.8) is 0 Å². The highest BCUT2D eigenvalue weighted by atomic mass is 16.2. The number of aryl methyl sites for hydroxylation is 1. The Labute approximate surface area is 126 Å². The second kappa shape index (κ2) is 6.04. The molecule has 4 heteroatoms. The van der Waals surface area contributed by atoms with Gasteiger partial charge in [-0.3, -0.25) is 9.78 Å². The fraction of sp³-hybridized carbons (Fsp3) is 0.647. The quantitative estimate of drug-likeness (QED) is 0.908. The molecule has 1 aromatic rings. The molecule has 1 amide bonds. The number of amides is 1. The lowest BCUT2D eigenvalue weighted by Crippen LogP contribution is -2.49. The van der Waals surface area contributed by atoms with Gasteiger partial charge in [-0.1, -0.05) is 12.8 Å². The second-order valence-corrected chi connectivity index (χ2v) is 6.37. The number of nitrogens with one attached hydrogen (secondary N) is 1. The lowest BCUT2D eigenvalue weighted by Gasteiger charge is -2.44. The molecule has 1 aromatic heterocycles. The molecule has 114 valence electrons. The van der Waals surface area contributed by atoms with E-state index in [2.05, 4.69) is 15.2 Å². The molecular formula is C17H25N3O. The van der Waals surface area contributed by atoms with Gasteiger partial charge in [-0.05, 0) is 44.6 Å². The maximum absolute atomic E-state index is 13.0. The van der Waals surface area contributed by atoms with Crippen molar-refractivity contribution in [2.75, 3.05) is 18.9 Å². The van der Waals surface area contributed by atoms with E-state index in [-0.39, 0.29) is 5.91 Å². The molecule has 4 nitrogen and oxygen atoms in total. The van der Waals surface area contributed by atoms with E-state index in [1.807, 2.05) is 20.0 Å². The second-order valence-electron chi connectivity index (χ2n) is 6.37. The minimum atomic E-state index is 0.156. The van der Waals surface area contributed by atoms with Gasteiger partial charge in [-0.15, -0.1) is 0 Å². The summed E-state index contributed by atoms with van der Waals surface area (Å²) in [5, 5.41) is 3.14. The maximum Gasteiger partial charge on any atom is 0.257 e. The van der Waals surface area contributed by atoms with Crippen molar-refractivity contribution in [3.8, 4) is 0 Å². The average Bonchev–Trinajstić information content (AvgIpc) is 2.53. The van der Waals surface area contributed by atoms with Crippen LogP contribution in [0, 0.1) is 12.8 Å². The van der Waals surface area contributed by atoms with Gasteiger partial charge in [0.15, 0.2) is 0 Å². The lowest BCUT2D eigenvalue weighted by molar-refractivity contribution is 0.0391. The first-order valence-electron chi connectivity index (χ1n) is 8.16. The van der Waals surface area contributed by atoms with Crippen molar-refractivity contribution < 1.29 is 4.79 Å². The highest BCUT2D eigenvalue weighted by Gasteiger charge is 2.36. The SMILES string of the molecule is CNc1cc(C)ncc1C(=O)N1CCC[C@H]2CCCC[C@H]21. The Hall–Kier alpha value is -1.58. The first-order chi connectivity index (χ1) is 10.2. The predicted octanol–water partition coefficient (Wildman–Crippen LogP) is 3.23. The minimum absolute atomic E-state index is 0.156. The van der Waals surface area contributed by atoms with Gasteiger partial charge in [-0.2, -0.15) is 0 Å². The monoisotopic (exact) mass is 287 g/mol. The van der Waals surface area contributed by atoms with Gasteiger partial charge in [0, 0.05) is 31.5 Å². The molecule has 1 saturated carbocycles. The molecule has 2 heterocycles. The van der Waals surface area contributed by atoms with Crippen LogP contribution in [0.2, 0.25) is 0 Å². The lowest BCUT2D eigenvalue weighted by atomic mass is 9.78. The van der Waals surface area contributed by atoms with E-state index in [1.54, 1.807) is 6.20 Å². The van der Waals surface area contributed by atoms with Crippen molar-refractivity contribution in [1.29, 1.82) is 0 Å². The van der Waals surface area contributed by atoms with E-state index in [0.29, 0.717) is 17.5 Å². The van der Waals surface area contributed by atoms with E-state index in [9.17, 15) is 4.79 Å². The molecule has 1 aliphatic carbocycles. The van der Waals surface area contributed by atoms with Crippen LogP contribution in [0.1, 0.15) is 54.6 Å². The zero-order valence-corrected chi connectivity index (χ0v) is 13.1. The molecule has 2 fully saturated rings. The van der Waals surface area contributed by atoms with Crippen molar-refractivity contribution in [2.45, 2.75) is 51.5 Å². The van der Waals surface area contributed by atoms with Gasteiger partial charge in [0.1, 0.15) is 0 Å². The third-order valence-electron chi connectivity index (χ3n) is 5.04.